The van der Waals surface area contributed by atoms with Gasteiger partial charge in [0.25, 0.3) is 0 Å². The van der Waals surface area contributed by atoms with Crippen molar-refractivity contribution in [1.29, 1.82) is 0 Å². The summed E-state index contributed by atoms with van der Waals surface area (Å²) < 4.78 is 25.1. The van der Waals surface area contributed by atoms with Gasteiger partial charge < -0.3 is 5.11 Å². The monoisotopic (exact) mass is 323 g/mol. The smallest absolute Gasteiger partial charge is 0.337 e. The van der Waals surface area contributed by atoms with Crippen LogP contribution in [0.2, 0.25) is 10.0 Å². The lowest BCUT2D eigenvalue weighted by Crippen LogP contribution is -2.39. The summed E-state index contributed by atoms with van der Waals surface area (Å²) in [6, 6.07) is 2.55. The molecule has 2 rings (SSSR count). The zero-order valence-electron chi connectivity index (χ0n) is 9.77. The first-order valence-electron chi connectivity index (χ1n) is 5.55. The van der Waals surface area contributed by atoms with Crippen LogP contribution in [0.25, 0.3) is 0 Å². The van der Waals surface area contributed by atoms with Crippen LogP contribution in [-0.2, 0) is 10.0 Å². The Bertz CT molecular complexity index is 630. The highest BCUT2D eigenvalue weighted by molar-refractivity contribution is 7.92. The van der Waals surface area contributed by atoms with E-state index in [9.17, 15) is 18.3 Å². The molecule has 1 N–H and O–H groups in total. The van der Waals surface area contributed by atoms with E-state index in [-0.39, 0.29) is 33.6 Å². The number of sulfonamides is 1. The number of benzene rings is 1. The van der Waals surface area contributed by atoms with Gasteiger partial charge in [0.05, 0.1) is 22.0 Å². The molecule has 0 unspecified atom stereocenters. The average Bonchev–Trinajstić information content (AvgIpc) is 2.28. The normalized spacial score (nSPS) is 18.3. The number of nitrogens with zero attached hydrogens (tertiary/aromatic N) is 1. The molecule has 1 aliphatic heterocycles. The van der Waals surface area contributed by atoms with Crippen molar-refractivity contribution in [2.45, 2.75) is 12.8 Å². The highest BCUT2D eigenvalue weighted by Gasteiger charge is 2.31. The Kier molecular flexibility index (Phi) is 3.94. The lowest BCUT2D eigenvalue weighted by Gasteiger charge is -2.30. The van der Waals surface area contributed by atoms with Crippen molar-refractivity contribution in [3.8, 4) is 0 Å². The number of carbonyl (C=O) groups is 1. The van der Waals surface area contributed by atoms with Crippen LogP contribution in [0.15, 0.2) is 12.1 Å². The van der Waals surface area contributed by atoms with Crippen LogP contribution in [0.3, 0.4) is 0 Å². The van der Waals surface area contributed by atoms with Gasteiger partial charge in [-0.05, 0) is 25.0 Å². The van der Waals surface area contributed by atoms with Crippen molar-refractivity contribution in [2.75, 3.05) is 16.6 Å². The molecule has 0 amide bonds. The van der Waals surface area contributed by atoms with Crippen LogP contribution in [0.1, 0.15) is 23.2 Å². The second-order valence-electron chi connectivity index (χ2n) is 4.18. The van der Waals surface area contributed by atoms with Crippen LogP contribution in [-0.4, -0.2) is 31.8 Å². The molecule has 1 aromatic rings. The second kappa shape index (κ2) is 5.19. The van der Waals surface area contributed by atoms with E-state index in [4.69, 9.17) is 23.2 Å². The first-order valence-corrected chi connectivity index (χ1v) is 7.92. The van der Waals surface area contributed by atoms with E-state index in [0.29, 0.717) is 12.8 Å². The van der Waals surface area contributed by atoms with Crippen LogP contribution >= 0.6 is 23.2 Å². The van der Waals surface area contributed by atoms with Gasteiger partial charge in [-0.1, -0.05) is 23.2 Å². The Labute approximate surface area is 120 Å². The van der Waals surface area contributed by atoms with E-state index < -0.39 is 16.0 Å². The van der Waals surface area contributed by atoms with Crippen molar-refractivity contribution in [3.05, 3.63) is 27.7 Å². The van der Waals surface area contributed by atoms with Crippen LogP contribution < -0.4 is 4.31 Å². The zero-order chi connectivity index (χ0) is 14.2. The Hall–Kier alpha value is -0.980. The molecule has 0 aliphatic carbocycles. The molecule has 0 aromatic heterocycles. The maximum absolute atomic E-state index is 12.0. The molecule has 0 bridgehead atoms. The highest BCUT2D eigenvalue weighted by atomic mass is 35.5. The molecule has 5 nitrogen and oxygen atoms in total. The summed E-state index contributed by atoms with van der Waals surface area (Å²) >= 11 is 11.7. The van der Waals surface area contributed by atoms with Crippen molar-refractivity contribution in [3.63, 3.8) is 0 Å². The predicted octanol–water partition coefficient (Wildman–Crippen LogP) is 2.62. The van der Waals surface area contributed by atoms with Crippen LogP contribution in [0.4, 0.5) is 5.69 Å². The van der Waals surface area contributed by atoms with Gasteiger partial charge in [0, 0.05) is 11.6 Å². The first kappa shape index (κ1) is 14.4. The van der Waals surface area contributed by atoms with Gasteiger partial charge in [-0.25, -0.2) is 13.2 Å². The van der Waals surface area contributed by atoms with E-state index >= 15 is 0 Å². The highest BCUT2D eigenvalue weighted by Crippen LogP contribution is 2.36. The molecule has 1 fully saturated rings. The Balaban J connectivity index is 2.64. The van der Waals surface area contributed by atoms with Gasteiger partial charge in [0.15, 0.2) is 0 Å². The van der Waals surface area contributed by atoms with Crippen molar-refractivity contribution in [1.82, 2.24) is 0 Å². The van der Waals surface area contributed by atoms with Gasteiger partial charge in [-0.2, -0.15) is 0 Å². The predicted molar refractivity (Wildman–Crippen MR) is 73.8 cm³/mol. The fourth-order valence-corrected chi connectivity index (χ4v) is 4.34. The number of hydrogen-bond acceptors (Lipinski definition) is 3. The Morgan fingerprint density at radius 2 is 1.95 bits per heavy atom. The van der Waals surface area contributed by atoms with Crippen LogP contribution in [0, 0.1) is 0 Å². The van der Waals surface area contributed by atoms with Gasteiger partial charge in [-0.15, -0.1) is 0 Å². The summed E-state index contributed by atoms with van der Waals surface area (Å²) in [7, 11) is -3.53. The number of anilines is 1. The standard InChI is InChI=1S/C11H11Cl2NO4S/c12-7-5-8(11(15)16)10(9(13)6-7)14-3-1-2-4-19(14,17)18/h5-6H,1-4H2,(H,15,16). The largest absolute Gasteiger partial charge is 0.478 e. The number of carboxylic acids is 1. The van der Waals surface area contributed by atoms with E-state index in [0.717, 1.165) is 4.31 Å². The maximum atomic E-state index is 12.0. The average molecular weight is 324 g/mol. The molecule has 1 aromatic carbocycles. The SMILES string of the molecule is O=C(O)c1cc(Cl)cc(Cl)c1N1CCCCS1(=O)=O. The third-order valence-corrected chi connectivity index (χ3v) is 5.20. The van der Waals surface area contributed by atoms with Crippen molar-refractivity contribution >= 4 is 44.9 Å². The Morgan fingerprint density at radius 1 is 1.26 bits per heavy atom. The molecular weight excluding hydrogens is 313 g/mol. The molecule has 1 aliphatic rings. The summed E-state index contributed by atoms with van der Waals surface area (Å²) in [5, 5.41) is 9.35. The lowest BCUT2D eigenvalue weighted by molar-refractivity contribution is 0.0697. The Morgan fingerprint density at radius 3 is 2.53 bits per heavy atom. The van der Waals surface area contributed by atoms with E-state index in [2.05, 4.69) is 0 Å². The van der Waals surface area contributed by atoms with Gasteiger partial charge in [0.2, 0.25) is 10.0 Å². The van der Waals surface area contributed by atoms with E-state index in [1.54, 1.807) is 0 Å². The molecule has 1 heterocycles. The maximum Gasteiger partial charge on any atom is 0.337 e. The molecule has 0 atom stereocenters. The molecular formula is C11H11Cl2NO4S. The summed E-state index contributed by atoms with van der Waals surface area (Å²) in [5.74, 6) is -1.27. The molecule has 8 heteroatoms. The summed E-state index contributed by atoms with van der Waals surface area (Å²) in [4.78, 5) is 11.2. The van der Waals surface area contributed by atoms with Gasteiger partial charge in [-0.3, -0.25) is 4.31 Å². The van der Waals surface area contributed by atoms with Gasteiger partial charge >= 0.3 is 5.97 Å². The minimum absolute atomic E-state index is 0.00160. The minimum atomic E-state index is -3.53. The van der Waals surface area contributed by atoms with Gasteiger partial charge in [0.1, 0.15) is 0 Å². The molecule has 0 spiro atoms. The molecule has 0 radical (unpaired) electrons. The summed E-state index contributed by atoms with van der Waals surface area (Å²) in [5.41, 5.74) is -0.207. The van der Waals surface area contributed by atoms with E-state index in [1.807, 2.05) is 0 Å². The van der Waals surface area contributed by atoms with Crippen LogP contribution in [0.5, 0.6) is 0 Å². The molecule has 19 heavy (non-hydrogen) atoms. The third kappa shape index (κ3) is 2.80. The molecule has 0 saturated carbocycles. The zero-order valence-corrected chi connectivity index (χ0v) is 12.1. The number of aromatic carboxylic acids is 1. The lowest BCUT2D eigenvalue weighted by atomic mass is 10.1. The van der Waals surface area contributed by atoms with Crippen molar-refractivity contribution < 1.29 is 18.3 Å². The minimum Gasteiger partial charge on any atom is -0.478 e. The summed E-state index contributed by atoms with van der Waals surface area (Å²) in [6.07, 6.45) is 1.23. The fraction of sp³-hybridized carbons (Fsp3) is 0.364. The number of carboxylic acid groups (broad SMARTS) is 1. The van der Waals surface area contributed by atoms with E-state index in [1.165, 1.54) is 12.1 Å². The second-order valence-corrected chi connectivity index (χ2v) is 7.04. The number of rotatable bonds is 2. The van der Waals surface area contributed by atoms with Crippen molar-refractivity contribution in [2.24, 2.45) is 0 Å². The molecule has 1 saturated heterocycles. The number of halogens is 2. The third-order valence-electron chi connectivity index (χ3n) is 2.86. The fourth-order valence-electron chi connectivity index (χ4n) is 2.02. The topological polar surface area (TPSA) is 74.7 Å². The number of hydrogen-bond donors (Lipinski definition) is 1. The quantitative estimate of drug-likeness (QED) is 0.907. The summed E-state index contributed by atoms with van der Waals surface area (Å²) in [6.45, 7) is 0.226. The first-order chi connectivity index (χ1) is 8.83. The molecule has 104 valence electrons.